The fourth-order valence-electron chi connectivity index (χ4n) is 4.31. The molecular formula is C24H26N4O4S. The zero-order chi connectivity index (χ0) is 23.4. The Labute approximate surface area is 191 Å². The first kappa shape index (κ1) is 21.8. The number of aromatic nitrogens is 4. The average molecular weight is 467 g/mol. The monoisotopic (exact) mass is 466 g/mol. The van der Waals surface area contributed by atoms with Crippen molar-refractivity contribution in [3.8, 4) is 0 Å². The third-order valence-electron chi connectivity index (χ3n) is 6.66. The molecule has 0 N–H and O–H groups in total. The van der Waals surface area contributed by atoms with E-state index in [0.29, 0.717) is 18.9 Å². The van der Waals surface area contributed by atoms with Crippen LogP contribution in [0.4, 0.5) is 0 Å². The molecule has 1 saturated heterocycles. The number of ether oxygens (including phenoxy) is 1. The van der Waals surface area contributed by atoms with Crippen molar-refractivity contribution in [3.05, 3.63) is 70.7 Å². The van der Waals surface area contributed by atoms with Crippen LogP contribution in [0, 0.1) is 0 Å². The average Bonchev–Trinajstić information content (AvgIpc) is 3.00. The first-order chi connectivity index (χ1) is 15.7. The summed E-state index contributed by atoms with van der Waals surface area (Å²) in [7, 11) is -3.33. The molecule has 3 aromatic heterocycles. The van der Waals surface area contributed by atoms with Crippen molar-refractivity contribution in [2.24, 2.45) is 0 Å². The van der Waals surface area contributed by atoms with Gasteiger partial charge in [0.05, 0.1) is 53.5 Å². The molecule has 0 aliphatic carbocycles. The first-order valence-corrected chi connectivity index (χ1v) is 12.7. The number of nitrogens with zero attached hydrogens (tertiary/aromatic N) is 4. The molecule has 0 spiro atoms. The number of hydrogen-bond donors (Lipinski definition) is 0. The third kappa shape index (κ3) is 3.65. The first-order valence-electron chi connectivity index (χ1n) is 10.8. The molecule has 8 nitrogen and oxygen atoms in total. The number of pyridine rings is 2. The van der Waals surface area contributed by atoms with Crippen molar-refractivity contribution in [1.82, 2.24) is 19.1 Å². The quantitative estimate of drug-likeness (QED) is 0.434. The zero-order valence-corrected chi connectivity index (χ0v) is 19.7. The van der Waals surface area contributed by atoms with Crippen LogP contribution in [0.25, 0.3) is 21.8 Å². The van der Waals surface area contributed by atoms with Crippen LogP contribution in [0.2, 0.25) is 0 Å². The van der Waals surface area contributed by atoms with E-state index in [-0.39, 0.29) is 24.7 Å². The van der Waals surface area contributed by atoms with Gasteiger partial charge in [0.15, 0.2) is 9.84 Å². The highest BCUT2D eigenvalue weighted by atomic mass is 32.2. The largest absolute Gasteiger partial charge is 0.377 e. The maximum atomic E-state index is 13.5. The molecule has 0 radical (unpaired) electrons. The summed E-state index contributed by atoms with van der Waals surface area (Å²) in [4.78, 5) is 22.4. The highest BCUT2D eigenvalue weighted by molar-refractivity contribution is 7.92. The molecule has 172 valence electrons. The number of imidazole rings is 1. The molecule has 4 aromatic rings. The van der Waals surface area contributed by atoms with Gasteiger partial charge >= 0.3 is 5.69 Å². The van der Waals surface area contributed by atoms with E-state index in [1.54, 1.807) is 41.6 Å². The van der Waals surface area contributed by atoms with Gasteiger partial charge in [-0.25, -0.2) is 13.2 Å². The van der Waals surface area contributed by atoms with Crippen LogP contribution in [0.15, 0.2) is 53.7 Å². The van der Waals surface area contributed by atoms with Crippen LogP contribution in [0.1, 0.15) is 31.1 Å². The summed E-state index contributed by atoms with van der Waals surface area (Å²) in [5.74, 6) is 0. The Kier molecular flexibility index (Phi) is 5.13. The van der Waals surface area contributed by atoms with Crippen LogP contribution in [0.5, 0.6) is 0 Å². The summed E-state index contributed by atoms with van der Waals surface area (Å²) in [6, 6.07) is 9.64. The van der Waals surface area contributed by atoms with Crippen molar-refractivity contribution in [2.45, 2.75) is 37.6 Å². The van der Waals surface area contributed by atoms with E-state index in [4.69, 9.17) is 9.72 Å². The van der Waals surface area contributed by atoms with Crippen LogP contribution >= 0.6 is 0 Å². The molecule has 0 atom stereocenters. The number of rotatable bonds is 6. The van der Waals surface area contributed by atoms with Gasteiger partial charge in [0.2, 0.25) is 0 Å². The molecule has 0 saturated carbocycles. The Morgan fingerprint density at radius 2 is 1.88 bits per heavy atom. The van der Waals surface area contributed by atoms with Crippen molar-refractivity contribution in [1.29, 1.82) is 0 Å². The number of benzene rings is 1. The predicted molar refractivity (Wildman–Crippen MR) is 127 cm³/mol. The summed E-state index contributed by atoms with van der Waals surface area (Å²) < 4.78 is 32.8. The lowest BCUT2D eigenvalue weighted by molar-refractivity contribution is -0.0231. The fourth-order valence-corrected chi connectivity index (χ4v) is 4.72. The molecular weight excluding hydrogens is 440 g/mol. The molecule has 5 rings (SSSR count). The highest BCUT2D eigenvalue weighted by Crippen LogP contribution is 2.30. The summed E-state index contributed by atoms with van der Waals surface area (Å²) >= 11 is 0. The van der Waals surface area contributed by atoms with Gasteiger partial charge < -0.3 is 4.74 Å². The molecule has 1 aliphatic heterocycles. The maximum absolute atomic E-state index is 13.5. The lowest BCUT2D eigenvalue weighted by atomic mass is 9.95. The minimum Gasteiger partial charge on any atom is -0.377 e. The normalized spacial score (nSPS) is 15.2. The van der Waals surface area contributed by atoms with Gasteiger partial charge in [-0.3, -0.25) is 19.1 Å². The maximum Gasteiger partial charge on any atom is 0.329 e. The second-order valence-corrected chi connectivity index (χ2v) is 11.9. The lowest BCUT2D eigenvalue weighted by Crippen LogP contribution is -2.38. The van der Waals surface area contributed by atoms with Gasteiger partial charge in [-0.05, 0) is 37.3 Å². The standard InChI is InChI=1S/C24H26N4O4S/c1-24(2,33(3,30)31)10-19-18-7-5-4-6-16(18)11-26-20(19)13-27-22-12-25-9-8-21(22)28(23(27)29)17-14-32-15-17/h4-9,11-12,17H,10,13-15H2,1-3H3. The molecule has 1 aromatic carbocycles. The van der Waals surface area contributed by atoms with E-state index >= 15 is 0 Å². The van der Waals surface area contributed by atoms with Crippen LogP contribution in [-0.4, -0.2) is 51.7 Å². The summed E-state index contributed by atoms with van der Waals surface area (Å²) in [6.07, 6.45) is 6.70. The van der Waals surface area contributed by atoms with Crippen molar-refractivity contribution in [2.75, 3.05) is 19.5 Å². The fraction of sp³-hybridized carbons (Fsp3) is 0.375. The number of fused-ring (bicyclic) bond motifs is 2. The summed E-state index contributed by atoms with van der Waals surface area (Å²) in [5.41, 5.74) is 2.90. The zero-order valence-electron chi connectivity index (χ0n) is 18.9. The Hall–Kier alpha value is -3.04. The van der Waals surface area contributed by atoms with Crippen LogP contribution < -0.4 is 5.69 Å². The van der Waals surface area contributed by atoms with Crippen molar-refractivity contribution >= 4 is 31.6 Å². The van der Waals surface area contributed by atoms with Crippen LogP contribution in [0.3, 0.4) is 0 Å². The molecule has 0 amide bonds. The summed E-state index contributed by atoms with van der Waals surface area (Å²) in [6.45, 7) is 4.69. The molecule has 0 unspecified atom stereocenters. The second kappa shape index (κ2) is 7.78. The lowest BCUT2D eigenvalue weighted by Gasteiger charge is -2.27. The topological polar surface area (TPSA) is 96.1 Å². The molecule has 1 fully saturated rings. The Bertz CT molecular complexity index is 1530. The SMILES string of the molecule is CC(C)(Cc1c(Cn2c(=O)n(C3COC3)c3ccncc32)ncc2ccccc12)S(C)(=O)=O. The van der Waals surface area contributed by atoms with Gasteiger partial charge in [-0.1, -0.05) is 24.3 Å². The Morgan fingerprint density at radius 1 is 1.12 bits per heavy atom. The predicted octanol–water partition coefficient (Wildman–Crippen LogP) is 2.73. The molecule has 9 heteroatoms. The number of sulfone groups is 1. The molecule has 4 heterocycles. The van der Waals surface area contributed by atoms with Gasteiger partial charge in [-0.2, -0.15) is 0 Å². The Morgan fingerprint density at radius 3 is 2.58 bits per heavy atom. The van der Waals surface area contributed by atoms with Crippen molar-refractivity contribution in [3.63, 3.8) is 0 Å². The van der Waals surface area contributed by atoms with E-state index in [1.807, 2.05) is 30.3 Å². The van der Waals surface area contributed by atoms with Crippen LogP contribution in [-0.2, 0) is 27.5 Å². The van der Waals surface area contributed by atoms with E-state index in [9.17, 15) is 13.2 Å². The summed E-state index contributed by atoms with van der Waals surface area (Å²) in [5, 5.41) is 1.88. The smallest absolute Gasteiger partial charge is 0.329 e. The minimum absolute atomic E-state index is 0.00292. The van der Waals surface area contributed by atoms with E-state index in [2.05, 4.69) is 4.98 Å². The van der Waals surface area contributed by atoms with Crippen molar-refractivity contribution < 1.29 is 13.2 Å². The van der Waals surface area contributed by atoms with Gasteiger partial charge in [0, 0.05) is 24.0 Å². The molecule has 0 bridgehead atoms. The van der Waals surface area contributed by atoms with Gasteiger partial charge in [0.25, 0.3) is 0 Å². The molecule has 33 heavy (non-hydrogen) atoms. The van der Waals surface area contributed by atoms with E-state index < -0.39 is 14.6 Å². The second-order valence-electron chi connectivity index (χ2n) is 9.27. The highest BCUT2D eigenvalue weighted by Gasteiger charge is 2.33. The third-order valence-corrected chi connectivity index (χ3v) is 8.81. The van der Waals surface area contributed by atoms with E-state index in [1.165, 1.54) is 6.26 Å². The number of hydrogen-bond acceptors (Lipinski definition) is 6. The Balaban J connectivity index is 1.69. The van der Waals surface area contributed by atoms with Gasteiger partial charge in [0.1, 0.15) is 0 Å². The molecule has 1 aliphatic rings. The minimum atomic E-state index is -3.33. The van der Waals surface area contributed by atoms with E-state index in [0.717, 1.165) is 27.4 Å². The van der Waals surface area contributed by atoms with Gasteiger partial charge in [-0.15, -0.1) is 0 Å².